The Balaban J connectivity index is 2.49. The summed E-state index contributed by atoms with van der Waals surface area (Å²) in [5, 5.41) is 3.76. The van der Waals surface area contributed by atoms with Crippen LogP contribution in [0.5, 0.6) is 0 Å². The summed E-state index contributed by atoms with van der Waals surface area (Å²) in [5.41, 5.74) is 0.344. The van der Waals surface area contributed by atoms with E-state index < -0.39 is 0 Å². The first-order valence-corrected chi connectivity index (χ1v) is 7.64. The minimum Gasteiger partial charge on any atom is -0.309 e. The Morgan fingerprint density at radius 2 is 1.94 bits per heavy atom. The van der Waals surface area contributed by atoms with Crippen molar-refractivity contribution in [2.45, 2.75) is 77.8 Å². The van der Waals surface area contributed by atoms with Crippen LogP contribution in [0.3, 0.4) is 0 Å². The van der Waals surface area contributed by atoms with Crippen LogP contribution in [0.4, 0.5) is 0 Å². The molecule has 1 saturated heterocycles. The topological polar surface area (TPSA) is 15.3 Å². The third kappa shape index (κ3) is 4.59. The molecule has 1 aliphatic rings. The Morgan fingerprint density at radius 1 is 1.18 bits per heavy atom. The van der Waals surface area contributed by atoms with Crippen molar-refractivity contribution in [3.8, 4) is 0 Å². The van der Waals surface area contributed by atoms with Crippen molar-refractivity contribution in [1.82, 2.24) is 10.2 Å². The average Bonchev–Trinajstić information content (AvgIpc) is 2.33. The van der Waals surface area contributed by atoms with Crippen molar-refractivity contribution in [3.05, 3.63) is 0 Å². The molecule has 1 rings (SSSR count). The van der Waals surface area contributed by atoms with Gasteiger partial charge in [0.2, 0.25) is 0 Å². The number of piperazine rings is 1. The molecule has 1 heterocycles. The van der Waals surface area contributed by atoms with Gasteiger partial charge in [0.25, 0.3) is 0 Å². The number of hydrogen-bond acceptors (Lipinski definition) is 2. The van der Waals surface area contributed by atoms with E-state index in [0.29, 0.717) is 5.54 Å². The number of nitrogens with one attached hydrogen (secondary N) is 1. The van der Waals surface area contributed by atoms with E-state index in [1.165, 1.54) is 58.2 Å². The normalized spacial score (nSPS) is 30.7. The van der Waals surface area contributed by atoms with E-state index in [0.717, 1.165) is 6.04 Å². The van der Waals surface area contributed by atoms with E-state index in [2.05, 4.69) is 37.9 Å². The molecule has 0 aliphatic carbocycles. The molecule has 1 aliphatic heterocycles. The lowest BCUT2D eigenvalue weighted by atomic mass is 9.92. The zero-order chi connectivity index (χ0) is 12.7. The van der Waals surface area contributed by atoms with E-state index in [-0.39, 0.29) is 0 Å². The van der Waals surface area contributed by atoms with Crippen molar-refractivity contribution in [1.29, 1.82) is 0 Å². The highest BCUT2D eigenvalue weighted by molar-refractivity contribution is 4.94. The SMILES string of the molecule is CCCCCN1CC(C)(CC)NCC1CCC. The smallest absolute Gasteiger partial charge is 0.0278 e. The summed E-state index contributed by atoms with van der Waals surface area (Å²) in [6.45, 7) is 13.0. The molecule has 102 valence electrons. The maximum atomic E-state index is 3.76. The number of nitrogens with zero attached hydrogens (tertiary/aromatic N) is 1. The Kier molecular flexibility index (Phi) is 6.50. The van der Waals surface area contributed by atoms with E-state index in [9.17, 15) is 0 Å². The largest absolute Gasteiger partial charge is 0.309 e. The van der Waals surface area contributed by atoms with Crippen molar-refractivity contribution in [2.24, 2.45) is 0 Å². The van der Waals surface area contributed by atoms with Crippen LogP contribution in [-0.4, -0.2) is 36.1 Å². The first kappa shape index (κ1) is 15.0. The molecule has 2 unspecified atom stereocenters. The Morgan fingerprint density at radius 3 is 2.53 bits per heavy atom. The van der Waals surface area contributed by atoms with Crippen LogP contribution in [0.15, 0.2) is 0 Å². The quantitative estimate of drug-likeness (QED) is 0.686. The molecule has 2 nitrogen and oxygen atoms in total. The lowest BCUT2D eigenvalue weighted by molar-refractivity contribution is 0.0776. The predicted octanol–water partition coefficient (Wildman–Crippen LogP) is 3.42. The van der Waals surface area contributed by atoms with E-state index in [1.807, 2.05) is 0 Å². The molecule has 0 bridgehead atoms. The van der Waals surface area contributed by atoms with Gasteiger partial charge in [-0.25, -0.2) is 0 Å². The van der Waals surface area contributed by atoms with Gasteiger partial charge in [-0.05, 0) is 32.7 Å². The summed E-state index contributed by atoms with van der Waals surface area (Å²) in [6, 6.07) is 0.775. The molecule has 1 fully saturated rings. The number of hydrogen-bond donors (Lipinski definition) is 1. The molecule has 2 heteroatoms. The summed E-state index contributed by atoms with van der Waals surface area (Å²) in [4.78, 5) is 2.75. The van der Waals surface area contributed by atoms with Gasteiger partial charge in [0.1, 0.15) is 0 Å². The van der Waals surface area contributed by atoms with Gasteiger partial charge < -0.3 is 5.32 Å². The van der Waals surface area contributed by atoms with Gasteiger partial charge in [-0.15, -0.1) is 0 Å². The highest BCUT2D eigenvalue weighted by atomic mass is 15.2. The summed E-state index contributed by atoms with van der Waals surface area (Å²) in [7, 11) is 0. The summed E-state index contributed by atoms with van der Waals surface area (Å²) in [5.74, 6) is 0. The maximum Gasteiger partial charge on any atom is 0.0278 e. The number of unbranched alkanes of at least 4 members (excludes halogenated alkanes) is 2. The molecule has 0 amide bonds. The summed E-state index contributed by atoms with van der Waals surface area (Å²) >= 11 is 0. The third-order valence-corrected chi connectivity index (χ3v) is 4.28. The highest BCUT2D eigenvalue weighted by Crippen LogP contribution is 2.21. The molecular weight excluding hydrogens is 208 g/mol. The van der Waals surface area contributed by atoms with Crippen LogP contribution in [0.1, 0.15) is 66.2 Å². The number of rotatable bonds is 7. The fourth-order valence-corrected chi connectivity index (χ4v) is 2.81. The second kappa shape index (κ2) is 7.38. The van der Waals surface area contributed by atoms with E-state index in [4.69, 9.17) is 0 Å². The molecule has 0 spiro atoms. The van der Waals surface area contributed by atoms with Gasteiger partial charge in [-0.1, -0.05) is 40.0 Å². The third-order valence-electron chi connectivity index (χ3n) is 4.28. The first-order valence-electron chi connectivity index (χ1n) is 7.64. The Hall–Kier alpha value is -0.0800. The fraction of sp³-hybridized carbons (Fsp3) is 1.00. The van der Waals surface area contributed by atoms with Crippen LogP contribution in [0, 0.1) is 0 Å². The standard InChI is InChI=1S/C15H32N2/c1-5-8-9-11-17-13-15(4,7-3)16-12-14(17)10-6-2/h14,16H,5-13H2,1-4H3. The van der Waals surface area contributed by atoms with Gasteiger partial charge in [0.05, 0.1) is 0 Å². The minimum atomic E-state index is 0.344. The second-order valence-electron chi connectivity index (χ2n) is 5.92. The monoisotopic (exact) mass is 240 g/mol. The molecule has 0 aromatic carbocycles. The van der Waals surface area contributed by atoms with Crippen molar-refractivity contribution in [3.63, 3.8) is 0 Å². The summed E-state index contributed by atoms with van der Waals surface area (Å²) in [6.07, 6.45) is 7.96. The lowest BCUT2D eigenvalue weighted by Crippen LogP contribution is -2.62. The van der Waals surface area contributed by atoms with Crippen LogP contribution in [0.25, 0.3) is 0 Å². The van der Waals surface area contributed by atoms with Crippen LogP contribution in [0.2, 0.25) is 0 Å². The van der Waals surface area contributed by atoms with Crippen molar-refractivity contribution in [2.75, 3.05) is 19.6 Å². The fourth-order valence-electron chi connectivity index (χ4n) is 2.81. The van der Waals surface area contributed by atoms with Gasteiger partial charge in [-0.3, -0.25) is 4.90 Å². The Bertz CT molecular complexity index is 205. The molecule has 0 radical (unpaired) electrons. The van der Waals surface area contributed by atoms with Crippen LogP contribution >= 0.6 is 0 Å². The predicted molar refractivity (Wildman–Crippen MR) is 76.5 cm³/mol. The van der Waals surface area contributed by atoms with E-state index >= 15 is 0 Å². The maximum absolute atomic E-state index is 3.76. The zero-order valence-electron chi connectivity index (χ0n) is 12.4. The van der Waals surface area contributed by atoms with Crippen LogP contribution in [-0.2, 0) is 0 Å². The molecule has 17 heavy (non-hydrogen) atoms. The van der Waals surface area contributed by atoms with Gasteiger partial charge >= 0.3 is 0 Å². The van der Waals surface area contributed by atoms with Crippen molar-refractivity contribution >= 4 is 0 Å². The molecule has 0 aromatic heterocycles. The molecule has 0 aromatic rings. The van der Waals surface area contributed by atoms with Gasteiger partial charge in [-0.2, -0.15) is 0 Å². The summed E-state index contributed by atoms with van der Waals surface area (Å²) < 4.78 is 0. The molecule has 0 saturated carbocycles. The van der Waals surface area contributed by atoms with Crippen molar-refractivity contribution < 1.29 is 0 Å². The molecular formula is C15H32N2. The van der Waals surface area contributed by atoms with Gasteiger partial charge in [0, 0.05) is 24.7 Å². The molecule has 1 N–H and O–H groups in total. The molecule has 2 atom stereocenters. The minimum absolute atomic E-state index is 0.344. The van der Waals surface area contributed by atoms with Crippen LogP contribution < -0.4 is 5.32 Å². The average molecular weight is 240 g/mol. The lowest BCUT2D eigenvalue weighted by Gasteiger charge is -2.46. The zero-order valence-corrected chi connectivity index (χ0v) is 12.4. The Labute approximate surface area is 108 Å². The second-order valence-corrected chi connectivity index (χ2v) is 5.92. The van der Waals surface area contributed by atoms with Gasteiger partial charge in [0.15, 0.2) is 0 Å². The first-order chi connectivity index (χ1) is 8.15. The highest BCUT2D eigenvalue weighted by Gasteiger charge is 2.33. The van der Waals surface area contributed by atoms with E-state index in [1.54, 1.807) is 0 Å².